The summed E-state index contributed by atoms with van der Waals surface area (Å²) in [6.45, 7) is 2.07. The molecule has 0 rings (SSSR count). The van der Waals surface area contributed by atoms with Gasteiger partial charge in [0.05, 0.1) is 32.0 Å². The molecule has 0 bridgehead atoms. The maximum absolute atomic E-state index is 9.24. The minimum absolute atomic E-state index is 0.0538. The van der Waals surface area contributed by atoms with Gasteiger partial charge in [0.1, 0.15) is 0 Å². The molecule has 5 nitrogen and oxygen atoms in total. The van der Waals surface area contributed by atoms with Crippen molar-refractivity contribution in [3.05, 3.63) is 0 Å². The SMILES string of the molecule is CCC(CO)(CO)N(CCO)CCO. The number of hydrogen-bond acceptors (Lipinski definition) is 5. The van der Waals surface area contributed by atoms with Gasteiger partial charge in [-0.3, -0.25) is 4.90 Å². The molecule has 0 fully saturated rings. The zero-order valence-corrected chi connectivity index (χ0v) is 8.69. The van der Waals surface area contributed by atoms with Crippen LogP contribution < -0.4 is 0 Å². The Morgan fingerprint density at radius 1 is 0.929 bits per heavy atom. The van der Waals surface area contributed by atoms with E-state index in [9.17, 15) is 10.2 Å². The fourth-order valence-corrected chi connectivity index (χ4v) is 1.52. The highest BCUT2D eigenvalue weighted by Crippen LogP contribution is 2.18. The molecule has 0 saturated heterocycles. The Balaban J connectivity index is 4.52. The molecule has 0 heterocycles. The number of hydrogen-bond donors (Lipinski definition) is 4. The quantitative estimate of drug-likeness (QED) is 0.385. The summed E-state index contributed by atoms with van der Waals surface area (Å²) in [5.41, 5.74) is -0.731. The molecule has 0 aliphatic rings. The standard InChI is InChI=1S/C9H21NO4/c1-2-9(7-13,8-14)10(3-5-11)4-6-12/h11-14H,2-8H2,1H3. The molecular formula is C9H21NO4. The first-order valence-corrected chi connectivity index (χ1v) is 4.89. The van der Waals surface area contributed by atoms with E-state index in [0.717, 1.165) is 0 Å². The Labute approximate surface area is 84.6 Å². The Hall–Kier alpha value is -0.200. The van der Waals surface area contributed by atoms with Gasteiger partial charge in [-0.25, -0.2) is 0 Å². The van der Waals surface area contributed by atoms with E-state index in [0.29, 0.717) is 19.5 Å². The van der Waals surface area contributed by atoms with Crippen molar-refractivity contribution in [2.45, 2.75) is 18.9 Å². The highest BCUT2D eigenvalue weighted by Gasteiger charge is 2.33. The number of aliphatic hydroxyl groups is 4. The van der Waals surface area contributed by atoms with Crippen LogP contribution >= 0.6 is 0 Å². The predicted octanol–water partition coefficient (Wildman–Crippen LogP) is -1.59. The molecule has 0 spiro atoms. The van der Waals surface area contributed by atoms with Crippen molar-refractivity contribution < 1.29 is 20.4 Å². The van der Waals surface area contributed by atoms with Crippen LogP contribution in [0.3, 0.4) is 0 Å². The van der Waals surface area contributed by atoms with Gasteiger partial charge in [-0.2, -0.15) is 0 Å². The van der Waals surface area contributed by atoms with Crippen LogP contribution in [0, 0.1) is 0 Å². The summed E-state index contributed by atoms with van der Waals surface area (Å²) < 4.78 is 0. The second-order valence-corrected chi connectivity index (χ2v) is 3.33. The highest BCUT2D eigenvalue weighted by molar-refractivity contribution is 4.88. The van der Waals surface area contributed by atoms with Crippen molar-refractivity contribution in [1.82, 2.24) is 4.90 Å². The van der Waals surface area contributed by atoms with Crippen LogP contribution in [-0.4, -0.2) is 70.4 Å². The van der Waals surface area contributed by atoms with E-state index in [1.54, 1.807) is 4.90 Å². The zero-order valence-electron chi connectivity index (χ0n) is 8.69. The van der Waals surface area contributed by atoms with E-state index >= 15 is 0 Å². The van der Waals surface area contributed by atoms with E-state index in [-0.39, 0.29) is 26.4 Å². The van der Waals surface area contributed by atoms with Crippen LogP contribution in [0.1, 0.15) is 13.3 Å². The minimum Gasteiger partial charge on any atom is -0.395 e. The summed E-state index contributed by atoms with van der Waals surface area (Å²) >= 11 is 0. The number of aliphatic hydroxyl groups excluding tert-OH is 4. The van der Waals surface area contributed by atoms with Gasteiger partial charge in [0.2, 0.25) is 0 Å². The molecule has 14 heavy (non-hydrogen) atoms. The first kappa shape index (κ1) is 13.8. The normalized spacial score (nSPS) is 12.4. The summed E-state index contributed by atoms with van der Waals surface area (Å²) in [5.74, 6) is 0. The lowest BCUT2D eigenvalue weighted by molar-refractivity contribution is -0.0301. The summed E-state index contributed by atoms with van der Waals surface area (Å²) in [6, 6.07) is 0. The van der Waals surface area contributed by atoms with Crippen molar-refractivity contribution in [3.63, 3.8) is 0 Å². The average molecular weight is 207 g/mol. The molecular weight excluding hydrogens is 186 g/mol. The number of rotatable bonds is 8. The lowest BCUT2D eigenvalue weighted by Gasteiger charge is -2.40. The fraction of sp³-hybridized carbons (Fsp3) is 1.00. The largest absolute Gasteiger partial charge is 0.395 e. The van der Waals surface area contributed by atoms with E-state index in [2.05, 4.69) is 0 Å². The molecule has 0 aromatic rings. The molecule has 0 aliphatic carbocycles. The maximum atomic E-state index is 9.24. The predicted molar refractivity (Wildman–Crippen MR) is 52.9 cm³/mol. The molecule has 0 aliphatic heterocycles. The van der Waals surface area contributed by atoms with E-state index in [1.807, 2.05) is 6.92 Å². The Kier molecular flexibility index (Phi) is 7.04. The molecule has 0 saturated carbocycles. The van der Waals surface area contributed by atoms with Gasteiger partial charge in [0.15, 0.2) is 0 Å². The highest BCUT2D eigenvalue weighted by atomic mass is 16.3. The van der Waals surface area contributed by atoms with Crippen molar-refractivity contribution in [1.29, 1.82) is 0 Å². The molecule has 0 unspecified atom stereocenters. The minimum atomic E-state index is -0.731. The lowest BCUT2D eigenvalue weighted by atomic mass is 9.95. The number of β-amino-alcohol motifs (C(OH)–C–C–N with tert-alkyl or cyclic N) is 2. The summed E-state index contributed by atoms with van der Waals surface area (Å²) in [4.78, 5) is 1.72. The molecule has 0 amide bonds. The van der Waals surface area contributed by atoms with Crippen molar-refractivity contribution >= 4 is 0 Å². The van der Waals surface area contributed by atoms with Crippen molar-refractivity contribution in [2.24, 2.45) is 0 Å². The first-order valence-electron chi connectivity index (χ1n) is 4.89. The third-order valence-corrected chi connectivity index (χ3v) is 2.66. The third kappa shape index (κ3) is 3.18. The van der Waals surface area contributed by atoms with E-state index in [4.69, 9.17) is 10.2 Å². The zero-order chi connectivity index (χ0) is 11.0. The third-order valence-electron chi connectivity index (χ3n) is 2.66. The van der Waals surface area contributed by atoms with Gasteiger partial charge in [-0.1, -0.05) is 6.92 Å². The topological polar surface area (TPSA) is 84.2 Å². The average Bonchev–Trinajstić information content (AvgIpc) is 2.22. The van der Waals surface area contributed by atoms with Gasteiger partial charge in [-0.15, -0.1) is 0 Å². The molecule has 5 heteroatoms. The van der Waals surface area contributed by atoms with Gasteiger partial charge in [-0.05, 0) is 6.42 Å². The van der Waals surface area contributed by atoms with Crippen LogP contribution in [0.25, 0.3) is 0 Å². The van der Waals surface area contributed by atoms with Gasteiger partial charge < -0.3 is 20.4 Å². The Morgan fingerprint density at radius 2 is 1.36 bits per heavy atom. The van der Waals surface area contributed by atoms with E-state index < -0.39 is 5.54 Å². The van der Waals surface area contributed by atoms with Crippen LogP contribution in [0.4, 0.5) is 0 Å². The smallest absolute Gasteiger partial charge is 0.0671 e. The molecule has 0 atom stereocenters. The van der Waals surface area contributed by atoms with E-state index in [1.165, 1.54) is 0 Å². The fourth-order valence-electron chi connectivity index (χ4n) is 1.52. The first-order chi connectivity index (χ1) is 6.70. The molecule has 86 valence electrons. The summed E-state index contributed by atoms with van der Waals surface area (Å²) in [5, 5.41) is 36.1. The molecule has 0 aromatic carbocycles. The number of nitrogens with zero attached hydrogens (tertiary/aromatic N) is 1. The van der Waals surface area contributed by atoms with Gasteiger partial charge >= 0.3 is 0 Å². The molecule has 0 radical (unpaired) electrons. The second-order valence-electron chi connectivity index (χ2n) is 3.33. The second kappa shape index (κ2) is 7.14. The Bertz CT molecular complexity index is 125. The molecule has 0 aromatic heterocycles. The monoisotopic (exact) mass is 207 g/mol. The summed E-state index contributed by atoms with van der Waals surface area (Å²) in [6.07, 6.45) is 0.569. The van der Waals surface area contributed by atoms with Gasteiger partial charge in [0.25, 0.3) is 0 Å². The van der Waals surface area contributed by atoms with Crippen molar-refractivity contribution in [2.75, 3.05) is 39.5 Å². The maximum Gasteiger partial charge on any atom is 0.0671 e. The van der Waals surface area contributed by atoms with Crippen LogP contribution in [-0.2, 0) is 0 Å². The van der Waals surface area contributed by atoms with Gasteiger partial charge in [0, 0.05) is 13.1 Å². The Morgan fingerprint density at radius 3 is 1.57 bits per heavy atom. The van der Waals surface area contributed by atoms with Crippen molar-refractivity contribution in [3.8, 4) is 0 Å². The summed E-state index contributed by atoms with van der Waals surface area (Å²) in [7, 11) is 0. The van der Waals surface area contributed by atoms with Crippen LogP contribution in [0.2, 0.25) is 0 Å². The van der Waals surface area contributed by atoms with Crippen LogP contribution in [0.5, 0.6) is 0 Å². The lowest BCUT2D eigenvalue weighted by Crippen LogP contribution is -2.55. The molecule has 4 N–H and O–H groups in total. The van der Waals surface area contributed by atoms with Crippen LogP contribution in [0.15, 0.2) is 0 Å².